The van der Waals surface area contributed by atoms with Crippen LogP contribution in [0.25, 0.3) is 0 Å². The molecule has 0 spiro atoms. The zero-order valence-corrected chi connectivity index (χ0v) is 14.1. The number of halogens is 2. The zero-order valence-electron chi connectivity index (χ0n) is 14.1. The van der Waals surface area contributed by atoms with E-state index in [-0.39, 0.29) is 11.7 Å². The standard InChI is InChI=1S/C17H25F2N5/c1-20-17(21-7-11-23-8-3-9-23)22-13-6-10-24(12-13)16-14(18)4-2-5-15(16)19/h2,4-5,13H,3,6-12H2,1H3,(H2,20,21,22). The Morgan fingerprint density at radius 3 is 2.62 bits per heavy atom. The molecule has 2 heterocycles. The number of hydrogen-bond acceptors (Lipinski definition) is 3. The van der Waals surface area contributed by atoms with E-state index < -0.39 is 11.6 Å². The van der Waals surface area contributed by atoms with Crippen LogP contribution in [0, 0.1) is 11.6 Å². The second-order valence-corrected chi connectivity index (χ2v) is 6.34. The van der Waals surface area contributed by atoms with Crippen LogP contribution in [0.5, 0.6) is 0 Å². The van der Waals surface area contributed by atoms with E-state index in [2.05, 4.69) is 20.5 Å². The molecule has 2 aliphatic rings. The Morgan fingerprint density at radius 2 is 2.00 bits per heavy atom. The van der Waals surface area contributed by atoms with Gasteiger partial charge in [-0.05, 0) is 38.1 Å². The second-order valence-electron chi connectivity index (χ2n) is 6.34. The van der Waals surface area contributed by atoms with E-state index in [0.29, 0.717) is 13.1 Å². The summed E-state index contributed by atoms with van der Waals surface area (Å²) < 4.78 is 27.8. The van der Waals surface area contributed by atoms with E-state index in [1.54, 1.807) is 11.9 Å². The normalized spacial score (nSPS) is 21.7. The van der Waals surface area contributed by atoms with Crippen LogP contribution in [0.2, 0.25) is 0 Å². The van der Waals surface area contributed by atoms with Crippen LogP contribution in [-0.2, 0) is 0 Å². The molecule has 3 rings (SSSR count). The molecule has 1 unspecified atom stereocenters. The van der Waals surface area contributed by atoms with Crippen LogP contribution in [-0.4, -0.2) is 63.2 Å². The fourth-order valence-electron chi connectivity index (χ4n) is 3.20. The van der Waals surface area contributed by atoms with E-state index in [4.69, 9.17) is 0 Å². The first-order valence-electron chi connectivity index (χ1n) is 8.56. The fraction of sp³-hybridized carbons (Fsp3) is 0.588. The van der Waals surface area contributed by atoms with Crippen LogP contribution in [0.4, 0.5) is 14.5 Å². The lowest BCUT2D eigenvalue weighted by Gasteiger charge is -2.30. The maximum atomic E-state index is 13.9. The predicted octanol–water partition coefficient (Wildman–Crippen LogP) is 1.41. The summed E-state index contributed by atoms with van der Waals surface area (Å²) in [4.78, 5) is 8.38. The minimum Gasteiger partial charge on any atom is -0.365 e. The molecule has 7 heteroatoms. The van der Waals surface area contributed by atoms with E-state index >= 15 is 0 Å². The van der Waals surface area contributed by atoms with Crippen molar-refractivity contribution in [2.24, 2.45) is 4.99 Å². The average molecular weight is 337 g/mol. The number of hydrogen-bond donors (Lipinski definition) is 2. The molecule has 0 aliphatic carbocycles. The molecule has 1 aromatic carbocycles. The van der Waals surface area contributed by atoms with Crippen LogP contribution in [0.15, 0.2) is 23.2 Å². The highest BCUT2D eigenvalue weighted by molar-refractivity contribution is 5.80. The number of rotatable bonds is 5. The monoisotopic (exact) mass is 337 g/mol. The molecule has 0 radical (unpaired) electrons. The summed E-state index contributed by atoms with van der Waals surface area (Å²) in [5, 5.41) is 6.65. The third-order valence-electron chi connectivity index (χ3n) is 4.68. The molecule has 0 saturated carbocycles. The van der Waals surface area contributed by atoms with Gasteiger partial charge in [0.1, 0.15) is 17.3 Å². The fourth-order valence-corrected chi connectivity index (χ4v) is 3.20. The van der Waals surface area contributed by atoms with Gasteiger partial charge in [-0.15, -0.1) is 0 Å². The number of nitrogens with zero attached hydrogens (tertiary/aromatic N) is 3. The summed E-state index contributed by atoms with van der Waals surface area (Å²) in [5.74, 6) is -0.267. The molecule has 1 aromatic rings. The van der Waals surface area contributed by atoms with Crippen LogP contribution in [0.3, 0.4) is 0 Å². The number of guanidine groups is 1. The number of benzene rings is 1. The Bertz CT molecular complexity index is 568. The first-order valence-corrected chi connectivity index (χ1v) is 8.56. The van der Waals surface area contributed by atoms with Gasteiger partial charge in [0.25, 0.3) is 0 Å². The van der Waals surface area contributed by atoms with Crippen molar-refractivity contribution in [3.8, 4) is 0 Å². The SMILES string of the molecule is CN=C(NCCN1CCC1)NC1CCN(c2c(F)cccc2F)C1. The number of aliphatic imine (C=N–C) groups is 1. The second kappa shape index (κ2) is 7.79. The molecule has 2 N–H and O–H groups in total. The Hall–Kier alpha value is -1.89. The molecule has 0 aromatic heterocycles. The molecular formula is C17H25F2N5. The van der Waals surface area contributed by atoms with Crippen LogP contribution >= 0.6 is 0 Å². The lowest BCUT2D eigenvalue weighted by atomic mass is 10.2. The van der Waals surface area contributed by atoms with E-state index in [1.807, 2.05) is 0 Å². The van der Waals surface area contributed by atoms with Crippen LogP contribution in [0.1, 0.15) is 12.8 Å². The first-order chi connectivity index (χ1) is 11.7. The summed E-state index contributed by atoms with van der Waals surface area (Å²) in [5.41, 5.74) is 0.0718. The molecule has 2 saturated heterocycles. The molecular weight excluding hydrogens is 312 g/mol. The van der Waals surface area contributed by atoms with Gasteiger partial charge in [0.05, 0.1) is 0 Å². The van der Waals surface area contributed by atoms with Gasteiger partial charge in [0, 0.05) is 39.3 Å². The highest BCUT2D eigenvalue weighted by Gasteiger charge is 2.27. The third kappa shape index (κ3) is 3.95. The molecule has 132 valence electrons. The summed E-state index contributed by atoms with van der Waals surface area (Å²) >= 11 is 0. The number of likely N-dealkylation sites (tertiary alicyclic amines) is 1. The predicted molar refractivity (Wildman–Crippen MR) is 92.5 cm³/mol. The lowest BCUT2D eigenvalue weighted by molar-refractivity contribution is 0.185. The highest BCUT2D eigenvalue weighted by atomic mass is 19.1. The Labute approximate surface area is 141 Å². The summed E-state index contributed by atoms with van der Waals surface area (Å²) in [6.07, 6.45) is 2.11. The Balaban J connectivity index is 1.49. The minimum absolute atomic E-state index is 0.0718. The summed E-state index contributed by atoms with van der Waals surface area (Å²) in [6, 6.07) is 4.12. The number of anilines is 1. The molecule has 5 nitrogen and oxygen atoms in total. The van der Waals surface area contributed by atoms with Crippen molar-refractivity contribution in [2.45, 2.75) is 18.9 Å². The molecule has 24 heavy (non-hydrogen) atoms. The molecule has 1 atom stereocenters. The third-order valence-corrected chi connectivity index (χ3v) is 4.68. The highest BCUT2D eigenvalue weighted by Crippen LogP contribution is 2.26. The minimum atomic E-state index is -0.507. The van der Waals surface area contributed by atoms with Crippen molar-refractivity contribution in [3.63, 3.8) is 0 Å². The lowest BCUT2D eigenvalue weighted by Crippen LogP contribution is -2.48. The number of nitrogens with one attached hydrogen (secondary N) is 2. The Morgan fingerprint density at radius 1 is 1.25 bits per heavy atom. The zero-order chi connectivity index (χ0) is 16.9. The van der Waals surface area contributed by atoms with Gasteiger partial charge in [-0.1, -0.05) is 6.07 Å². The first kappa shape index (κ1) is 17.0. The number of para-hydroxylation sites is 1. The van der Waals surface area contributed by atoms with Gasteiger partial charge in [0.15, 0.2) is 5.96 Å². The van der Waals surface area contributed by atoms with Crippen molar-refractivity contribution in [1.29, 1.82) is 0 Å². The van der Waals surface area contributed by atoms with Crippen molar-refractivity contribution >= 4 is 11.6 Å². The topological polar surface area (TPSA) is 42.9 Å². The maximum Gasteiger partial charge on any atom is 0.191 e. The smallest absolute Gasteiger partial charge is 0.191 e. The van der Waals surface area contributed by atoms with Crippen molar-refractivity contribution in [3.05, 3.63) is 29.8 Å². The van der Waals surface area contributed by atoms with E-state index in [1.165, 1.54) is 37.7 Å². The summed E-state index contributed by atoms with van der Waals surface area (Å²) in [7, 11) is 1.74. The molecule has 2 aliphatic heterocycles. The van der Waals surface area contributed by atoms with Gasteiger partial charge in [-0.3, -0.25) is 4.99 Å². The summed E-state index contributed by atoms with van der Waals surface area (Å²) in [6.45, 7) is 5.40. The average Bonchev–Trinajstić information content (AvgIpc) is 2.96. The van der Waals surface area contributed by atoms with Gasteiger partial charge >= 0.3 is 0 Å². The van der Waals surface area contributed by atoms with Crippen molar-refractivity contribution in [2.75, 3.05) is 51.2 Å². The quantitative estimate of drug-likeness (QED) is 0.630. The largest absolute Gasteiger partial charge is 0.365 e. The van der Waals surface area contributed by atoms with E-state index in [0.717, 1.165) is 25.5 Å². The van der Waals surface area contributed by atoms with Gasteiger partial charge in [-0.2, -0.15) is 0 Å². The van der Waals surface area contributed by atoms with Gasteiger partial charge in [0.2, 0.25) is 0 Å². The van der Waals surface area contributed by atoms with Crippen molar-refractivity contribution in [1.82, 2.24) is 15.5 Å². The Kier molecular flexibility index (Phi) is 5.50. The maximum absolute atomic E-state index is 13.9. The molecule has 0 bridgehead atoms. The van der Waals surface area contributed by atoms with Gasteiger partial charge < -0.3 is 20.4 Å². The van der Waals surface area contributed by atoms with E-state index in [9.17, 15) is 8.78 Å². The van der Waals surface area contributed by atoms with Crippen LogP contribution < -0.4 is 15.5 Å². The van der Waals surface area contributed by atoms with Gasteiger partial charge in [-0.25, -0.2) is 8.78 Å². The molecule has 2 fully saturated rings. The van der Waals surface area contributed by atoms with Crippen molar-refractivity contribution < 1.29 is 8.78 Å². The molecule has 0 amide bonds.